The van der Waals surface area contributed by atoms with Gasteiger partial charge in [0.1, 0.15) is 4.70 Å². The second-order valence-electron chi connectivity index (χ2n) is 9.90. The number of allylic oxidation sites excluding steroid dienone is 2. The van der Waals surface area contributed by atoms with Gasteiger partial charge in [-0.2, -0.15) is 13.0 Å². The molecule has 1 N–H and O–H groups in total. The van der Waals surface area contributed by atoms with Crippen LogP contribution >= 0.6 is 34.7 Å². The number of hydrogen-bond acceptors (Lipinski definition) is 8. The monoisotopic (exact) mass is 664 g/mol. The fraction of sp³-hybridized carbons (Fsp3) is 0.276. The molecule has 0 fully saturated rings. The normalized spacial score (nSPS) is 15.3. The van der Waals surface area contributed by atoms with Crippen molar-refractivity contribution in [3.63, 3.8) is 0 Å². The van der Waals surface area contributed by atoms with E-state index in [0.29, 0.717) is 24.5 Å². The van der Waals surface area contributed by atoms with Crippen LogP contribution in [-0.4, -0.2) is 44.0 Å². The van der Waals surface area contributed by atoms with Gasteiger partial charge >= 0.3 is 0 Å². The highest BCUT2D eigenvalue weighted by atomic mass is 35.5. The van der Waals surface area contributed by atoms with Crippen LogP contribution in [0.4, 0.5) is 5.69 Å². The predicted octanol–water partition coefficient (Wildman–Crippen LogP) is 6.46. The van der Waals surface area contributed by atoms with Crippen LogP contribution in [0.5, 0.6) is 0 Å². The van der Waals surface area contributed by atoms with Crippen LogP contribution in [0.2, 0.25) is 5.02 Å². The summed E-state index contributed by atoms with van der Waals surface area (Å²) in [4.78, 5) is 3.02. The molecule has 0 atom stereocenters. The number of aromatic nitrogens is 1. The molecule has 5 rings (SSSR count). The van der Waals surface area contributed by atoms with Gasteiger partial charge in [0.2, 0.25) is 5.52 Å². The van der Waals surface area contributed by atoms with Crippen molar-refractivity contribution in [3.8, 4) is 0 Å². The number of benzene rings is 3. The molecule has 42 heavy (non-hydrogen) atoms. The first-order valence-electron chi connectivity index (χ1n) is 13.3. The Labute approximate surface area is 258 Å². The standard InChI is InChI=1S/C29H29ClN2O6S4/c1-2-20(17-27-31(13-5-15-41(33,34)35)24-19-22(30)10-12-25(24)39-27)18-28-32(14-6-16-42(36,37)38)29-23-8-4-3-7-21(23)9-11-26(29)40-28/h3-4,7-12,17-19H,2,5-6,13-16H2,1H3,(H-,33,34,35,36,37,38). The summed E-state index contributed by atoms with van der Waals surface area (Å²) in [5, 5.41) is 4.53. The molecule has 1 aromatic heterocycles. The molecule has 3 aromatic carbocycles. The van der Waals surface area contributed by atoms with Gasteiger partial charge < -0.3 is 9.45 Å². The minimum atomic E-state index is -4.34. The highest BCUT2D eigenvalue weighted by Gasteiger charge is 2.27. The maximum atomic E-state index is 11.4. The lowest BCUT2D eigenvalue weighted by Crippen LogP contribution is -2.36. The smallest absolute Gasteiger partial charge is 0.264 e. The lowest BCUT2D eigenvalue weighted by atomic mass is 10.1. The van der Waals surface area contributed by atoms with Crippen molar-refractivity contribution < 1.29 is 30.5 Å². The van der Waals surface area contributed by atoms with Crippen molar-refractivity contribution in [2.75, 3.05) is 23.0 Å². The summed E-state index contributed by atoms with van der Waals surface area (Å²) in [5.41, 5.74) is 2.89. The fourth-order valence-electron chi connectivity index (χ4n) is 4.98. The van der Waals surface area contributed by atoms with Crippen molar-refractivity contribution in [1.29, 1.82) is 0 Å². The third-order valence-electron chi connectivity index (χ3n) is 6.89. The molecule has 2 heterocycles. The predicted molar refractivity (Wildman–Crippen MR) is 171 cm³/mol. The van der Waals surface area contributed by atoms with E-state index in [1.807, 2.05) is 54.3 Å². The first-order chi connectivity index (χ1) is 19.9. The van der Waals surface area contributed by atoms with Gasteiger partial charge in [0.25, 0.3) is 15.1 Å². The molecule has 0 saturated carbocycles. The quantitative estimate of drug-likeness (QED) is 0.143. The van der Waals surface area contributed by atoms with E-state index in [4.69, 9.17) is 11.6 Å². The molecular formula is C29H29ClN2O6S4. The van der Waals surface area contributed by atoms with E-state index < -0.39 is 26.0 Å². The average molecular weight is 665 g/mol. The fourth-order valence-corrected chi connectivity index (χ4v) is 8.45. The second kappa shape index (κ2) is 12.7. The SMILES string of the molecule is CCC(/C=C1\Sc2ccc(Cl)cc2N1CCCS(=O)(=O)O)=C\c1sc2ccc3ccccc3c2[n+]1CCCS(=O)(=O)[O-]. The summed E-state index contributed by atoms with van der Waals surface area (Å²) < 4.78 is 69.2. The summed E-state index contributed by atoms with van der Waals surface area (Å²) >= 11 is 9.46. The van der Waals surface area contributed by atoms with Crippen LogP contribution in [0.25, 0.3) is 27.1 Å². The lowest BCUT2D eigenvalue weighted by molar-refractivity contribution is -0.667. The molecule has 13 heteroatoms. The number of fused-ring (bicyclic) bond motifs is 4. The van der Waals surface area contributed by atoms with Gasteiger partial charge in [0, 0.05) is 34.7 Å². The molecule has 0 saturated heterocycles. The Hall–Kier alpha value is -2.45. The maximum Gasteiger partial charge on any atom is 0.264 e. The second-order valence-corrected chi connectivity index (χ2v) is 15.6. The molecule has 0 radical (unpaired) electrons. The highest BCUT2D eigenvalue weighted by molar-refractivity contribution is 8.03. The summed E-state index contributed by atoms with van der Waals surface area (Å²) in [6.45, 7) is 2.79. The topological polar surface area (TPSA) is 119 Å². The average Bonchev–Trinajstić information content (AvgIpc) is 3.44. The Bertz CT molecular complexity index is 1930. The Morgan fingerprint density at radius 2 is 1.86 bits per heavy atom. The number of thiazole rings is 1. The van der Waals surface area contributed by atoms with E-state index >= 15 is 0 Å². The number of thioether (sulfide) groups is 1. The Balaban J connectivity index is 1.56. The van der Waals surface area contributed by atoms with E-state index in [2.05, 4.69) is 28.9 Å². The zero-order valence-electron chi connectivity index (χ0n) is 22.7. The van der Waals surface area contributed by atoms with Gasteiger partial charge in [-0.1, -0.05) is 65.9 Å². The van der Waals surface area contributed by atoms with Crippen molar-refractivity contribution in [2.45, 2.75) is 37.6 Å². The number of halogens is 1. The molecule has 1 aliphatic rings. The van der Waals surface area contributed by atoms with Crippen molar-refractivity contribution in [2.24, 2.45) is 0 Å². The van der Waals surface area contributed by atoms with Crippen molar-refractivity contribution in [1.82, 2.24) is 0 Å². The van der Waals surface area contributed by atoms with E-state index in [9.17, 15) is 25.9 Å². The number of nitrogens with zero attached hydrogens (tertiary/aromatic N) is 2. The van der Waals surface area contributed by atoms with E-state index in [1.165, 1.54) is 0 Å². The summed E-state index contributed by atoms with van der Waals surface area (Å²) in [5.74, 6) is -0.783. The summed E-state index contributed by atoms with van der Waals surface area (Å²) in [6, 6.07) is 17.8. The summed E-state index contributed by atoms with van der Waals surface area (Å²) in [7, 11) is -8.42. The highest BCUT2D eigenvalue weighted by Crippen LogP contribution is 2.47. The number of rotatable bonds is 11. The summed E-state index contributed by atoms with van der Waals surface area (Å²) in [6.07, 6.45) is 5.29. The third-order valence-corrected chi connectivity index (χ3v) is 10.9. The minimum absolute atomic E-state index is 0.197. The maximum absolute atomic E-state index is 11.4. The van der Waals surface area contributed by atoms with Gasteiger partial charge in [0.05, 0.1) is 32.0 Å². The Morgan fingerprint density at radius 1 is 1.07 bits per heavy atom. The molecular weight excluding hydrogens is 636 g/mol. The first-order valence-corrected chi connectivity index (χ1v) is 18.5. The molecule has 0 aliphatic carbocycles. The number of hydrogen-bond donors (Lipinski definition) is 1. The van der Waals surface area contributed by atoms with E-state index in [0.717, 1.165) is 47.2 Å². The molecule has 222 valence electrons. The van der Waals surface area contributed by atoms with Gasteiger partial charge in [-0.3, -0.25) is 4.55 Å². The van der Waals surface area contributed by atoms with Crippen molar-refractivity contribution >= 4 is 87.7 Å². The van der Waals surface area contributed by atoms with Crippen LogP contribution in [0, 0.1) is 0 Å². The Kier molecular flexibility index (Phi) is 9.33. The number of anilines is 1. The molecule has 0 amide bonds. The molecule has 4 aromatic rings. The van der Waals surface area contributed by atoms with Gasteiger partial charge in [-0.25, -0.2) is 8.42 Å². The number of aryl methyl sites for hydroxylation is 1. The molecule has 0 unspecified atom stereocenters. The lowest BCUT2D eigenvalue weighted by Gasteiger charge is -2.20. The Morgan fingerprint density at radius 3 is 2.60 bits per heavy atom. The van der Waals surface area contributed by atoms with Gasteiger partial charge in [-0.05, 0) is 60.2 Å². The molecule has 8 nitrogen and oxygen atoms in total. The minimum Gasteiger partial charge on any atom is -0.748 e. The third kappa shape index (κ3) is 7.36. The first kappa shape index (κ1) is 31.0. The molecule has 0 spiro atoms. The zero-order valence-corrected chi connectivity index (χ0v) is 26.7. The van der Waals surface area contributed by atoms with Crippen LogP contribution in [0.3, 0.4) is 0 Å². The van der Waals surface area contributed by atoms with Crippen LogP contribution in [0.1, 0.15) is 31.2 Å². The van der Waals surface area contributed by atoms with Gasteiger partial charge in [-0.15, -0.1) is 0 Å². The van der Waals surface area contributed by atoms with Gasteiger partial charge in [0.15, 0.2) is 6.54 Å². The molecule has 1 aliphatic heterocycles. The zero-order chi connectivity index (χ0) is 30.1. The largest absolute Gasteiger partial charge is 0.748 e. The van der Waals surface area contributed by atoms with Crippen LogP contribution in [-0.2, 0) is 26.8 Å². The van der Waals surface area contributed by atoms with Crippen LogP contribution in [0.15, 0.2) is 76.2 Å². The van der Waals surface area contributed by atoms with E-state index in [-0.39, 0.29) is 18.6 Å². The van der Waals surface area contributed by atoms with Crippen molar-refractivity contribution in [3.05, 3.63) is 81.3 Å². The van der Waals surface area contributed by atoms with E-state index in [1.54, 1.807) is 23.1 Å². The van der Waals surface area contributed by atoms with Crippen LogP contribution < -0.4 is 9.47 Å². The molecule has 0 bridgehead atoms.